The Kier molecular flexibility index (Phi) is 4.24. The number of aromatic nitrogens is 3. The van der Waals surface area contributed by atoms with Gasteiger partial charge >= 0.3 is 0 Å². The summed E-state index contributed by atoms with van der Waals surface area (Å²) in [7, 11) is 0. The zero-order valence-corrected chi connectivity index (χ0v) is 15.7. The van der Waals surface area contributed by atoms with Gasteiger partial charge in [0.1, 0.15) is 11.4 Å². The van der Waals surface area contributed by atoms with E-state index >= 15 is 0 Å². The van der Waals surface area contributed by atoms with Crippen LogP contribution in [0.15, 0.2) is 60.7 Å². The number of hydrogen-bond acceptors (Lipinski definition) is 3. The van der Waals surface area contributed by atoms with Crippen LogP contribution >= 0.6 is 11.6 Å². The van der Waals surface area contributed by atoms with Gasteiger partial charge in [0.05, 0.1) is 10.1 Å². The third kappa shape index (κ3) is 2.90. The predicted molar refractivity (Wildman–Crippen MR) is 105 cm³/mol. The molecule has 27 heavy (non-hydrogen) atoms. The Bertz CT molecular complexity index is 1150. The van der Waals surface area contributed by atoms with E-state index in [1.165, 1.54) is 4.80 Å². The van der Waals surface area contributed by atoms with E-state index in [0.717, 1.165) is 21.5 Å². The van der Waals surface area contributed by atoms with E-state index in [1.54, 1.807) is 30.3 Å². The second kappa shape index (κ2) is 6.59. The molecule has 1 aromatic heterocycles. The molecule has 1 N–H and O–H groups in total. The Morgan fingerprint density at radius 3 is 2.59 bits per heavy atom. The van der Waals surface area contributed by atoms with Crippen LogP contribution in [-0.4, -0.2) is 15.0 Å². The summed E-state index contributed by atoms with van der Waals surface area (Å²) in [6.45, 7) is 3.96. The molecule has 1 atom stereocenters. The Hall–Kier alpha value is -3.05. The zero-order chi connectivity index (χ0) is 19.1. The number of halogens is 1. The fourth-order valence-corrected chi connectivity index (χ4v) is 3.57. The molecule has 5 nitrogen and oxygen atoms in total. The van der Waals surface area contributed by atoms with Crippen molar-refractivity contribution in [3.63, 3.8) is 0 Å². The highest BCUT2D eigenvalue weighted by Crippen LogP contribution is 2.34. The minimum atomic E-state index is -0.135. The minimum Gasteiger partial charge on any atom is -0.692 e. The molecule has 0 amide bonds. The monoisotopic (exact) mass is 379 g/mol. The summed E-state index contributed by atoms with van der Waals surface area (Å²) in [5.41, 5.74) is 4.20. The van der Waals surface area contributed by atoms with Gasteiger partial charge < -0.3 is 10.3 Å². The summed E-state index contributed by atoms with van der Waals surface area (Å²) in [4.78, 5) is 2.08. The highest BCUT2D eigenvalue weighted by Gasteiger charge is 2.24. The van der Waals surface area contributed by atoms with Crippen LogP contribution < -0.4 is 4.85 Å². The summed E-state index contributed by atoms with van der Waals surface area (Å²) < 4.78 is 0. The standard InChI is InChI=1S/C21H18ClN3O2/c1-13-10-11-15(14(2)16-6-3-4-9-20(16)26)19(12-13)24-23-21-17(22)7-5-8-18(21)25(24)27/h3-12,14,26H,1-2H3. The number of phenolic OH excluding ortho intramolecular Hbond substituents is 1. The van der Waals surface area contributed by atoms with Gasteiger partial charge in [-0.05, 0) is 47.1 Å². The first-order valence-corrected chi connectivity index (χ1v) is 9.01. The fraction of sp³-hybridized carbons (Fsp3) is 0.143. The lowest BCUT2D eigenvalue weighted by Gasteiger charge is -2.17. The Labute approximate surface area is 161 Å². The smallest absolute Gasteiger partial charge is 0.268 e. The van der Waals surface area contributed by atoms with Crippen LogP contribution in [0.2, 0.25) is 5.02 Å². The molecule has 0 radical (unpaired) electrons. The van der Waals surface area contributed by atoms with Crippen LogP contribution in [0.1, 0.15) is 29.5 Å². The molecule has 0 saturated carbocycles. The fourth-order valence-electron chi connectivity index (χ4n) is 3.36. The lowest BCUT2D eigenvalue weighted by atomic mass is 9.90. The van der Waals surface area contributed by atoms with Crippen LogP contribution in [-0.2, 0) is 0 Å². The predicted octanol–water partition coefficient (Wildman–Crippen LogP) is 4.48. The summed E-state index contributed by atoms with van der Waals surface area (Å²) in [5.74, 6) is 0.0878. The van der Waals surface area contributed by atoms with E-state index < -0.39 is 0 Å². The number of aryl methyl sites for hydroxylation is 1. The van der Waals surface area contributed by atoms with Gasteiger partial charge in [0.15, 0.2) is 0 Å². The molecular weight excluding hydrogens is 362 g/mol. The molecule has 1 unspecified atom stereocenters. The van der Waals surface area contributed by atoms with Crippen molar-refractivity contribution in [2.75, 3.05) is 0 Å². The number of aromatic hydroxyl groups is 1. The van der Waals surface area contributed by atoms with Crippen LogP contribution in [0.5, 0.6) is 5.75 Å². The normalized spacial score (nSPS) is 12.4. The van der Waals surface area contributed by atoms with Gasteiger partial charge in [0, 0.05) is 11.5 Å². The Balaban J connectivity index is 1.95. The van der Waals surface area contributed by atoms with Crippen LogP contribution in [0, 0.1) is 12.1 Å². The molecule has 0 spiro atoms. The molecule has 0 bridgehead atoms. The maximum Gasteiger partial charge on any atom is 0.268 e. The lowest BCUT2D eigenvalue weighted by Crippen LogP contribution is -2.37. The molecule has 0 fully saturated rings. The Morgan fingerprint density at radius 2 is 1.85 bits per heavy atom. The molecule has 0 saturated heterocycles. The van der Waals surface area contributed by atoms with E-state index in [-0.39, 0.29) is 11.7 Å². The van der Waals surface area contributed by atoms with Gasteiger partial charge in [0.25, 0.3) is 5.52 Å². The summed E-state index contributed by atoms with van der Waals surface area (Å²) in [5, 5.41) is 28.0. The van der Waals surface area contributed by atoms with Gasteiger partial charge in [-0.1, -0.05) is 54.9 Å². The van der Waals surface area contributed by atoms with Gasteiger partial charge in [-0.15, -0.1) is 4.85 Å². The van der Waals surface area contributed by atoms with Crippen molar-refractivity contribution < 1.29 is 9.95 Å². The average Bonchev–Trinajstić information content (AvgIpc) is 3.00. The maximum atomic E-state index is 12.9. The van der Waals surface area contributed by atoms with Crippen LogP contribution in [0.3, 0.4) is 0 Å². The number of rotatable bonds is 3. The van der Waals surface area contributed by atoms with E-state index in [2.05, 4.69) is 5.10 Å². The minimum absolute atomic E-state index is 0.135. The molecule has 4 rings (SSSR count). The van der Waals surface area contributed by atoms with E-state index in [4.69, 9.17) is 11.6 Å². The highest BCUT2D eigenvalue weighted by molar-refractivity contribution is 6.34. The molecule has 0 aliphatic carbocycles. The third-order valence-corrected chi connectivity index (χ3v) is 5.11. The average molecular weight is 380 g/mol. The number of phenols is 1. The molecule has 6 heteroatoms. The van der Waals surface area contributed by atoms with Gasteiger partial charge in [-0.2, -0.15) is 0 Å². The van der Waals surface area contributed by atoms with Crippen molar-refractivity contribution in [1.82, 2.24) is 9.90 Å². The maximum absolute atomic E-state index is 12.9. The van der Waals surface area contributed by atoms with Crippen molar-refractivity contribution in [3.8, 4) is 11.4 Å². The quantitative estimate of drug-likeness (QED) is 0.421. The number of benzene rings is 3. The number of fused-ring (bicyclic) bond motifs is 1. The molecule has 3 aromatic carbocycles. The first-order valence-electron chi connectivity index (χ1n) is 8.63. The molecule has 0 aliphatic rings. The van der Waals surface area contributed by atoms with Crippen molar-refractivity contribution in [2.45, 2.75) is 19.8 Å². The highest BCUT2D eigenvalue weighted by atomic mass is 35.5. The number of para-hydroxylation sites is 1. The molecule has 136 valence electrons. The second-order valence-corrected chi connectivity index (χ2v) is 7.02. The van der Waals surface area contributed by atoms with Gasteiger partial charge in [-0.3, -0.25) is 0 Å². The molecule has 0 aliphatic heterocycles. The van der Waals surface area contributed by atoms with Crippen LogP contribution in [0.25, 0.3) is 16.7 Å². The number of nitrogens with zero attached hydrogens (tertiary/aromatic N) is 3. The van der Waals surface area contributed by atoms with Gasteiger partial charge in [0.2, 0.25) is 5.52 Å². The lowest BCUT2D eigenvalue weighted by molar-refractivity contribution is -0.664. The zero-order valence-electron chi connectivity index (χ0n) is 14.9. The second-order valence-electron chi connectivity index (χ2n) is 6.61. The van der Waals surface area contributed by atoms with Crippen molar-refractivity contribution in [1.29, 1.82) is 0 Å². The summed E-state index contributed by atoms with van der Waals surface area (Å²) in [6.07, 6.45) is 0. The SMILES string of the molecule is Cc1ccc(C(C)c2ccccc2O)c(-n2nc3c(Cl)cccc3[n+]2[O-])c1. The van der Waals surface area contributed by atoms with Crippen LogP contribution in [0.4, 0.5) is 0 Å². The first kappa shape index (κ1) is 17.4. The van der Waals surface area contributed by atoms with Crippen molar-refractivity contribution in [3.05, 3.63) is 87.6 Å². The summed E-state index contributed by atoms with van der Waals surface area (Å²) in [6, 6.07) is 18.2. The largest absolute Gasteiger partial charge is 0.692 e. The van der Waals surface area contributed by atoms with Gasteiger partial charge in [-0.25, -0.2) is 0 Å². The molecule has 4 aromatic rings. The van der Waals surface area contributed by atoms with E-state index in [1.807, 2.05) is 44.2 Å². The van der Waals surface area contributed by atoms with E-state index in [0.29, 0.717) is 21.7 Å². The van der Waals surface area contributed by atoms with Crippen molar-refractivity contribution >= 4 is 22.6 Å². The topological polar surface area (TPSA) is 65.0 Å². The summed E-state index contributed by atoms with van der Waals surface area (Å²) >= 11 is 6.22. The first-order chi connectivity index (χ1) is 13.0. The van der Waals surface area contributed by atoms with Crippen molar-refractivity contribution in [2.24, 2.45) is 0 Å². The Morgan fingerprint density at radius 1 is 1.07 bits per heavy atom. The molecule has 1 heterocycles. The number of hydrogen-bond donors (Lipinski definition) is 1. The molecular formula is C21H18ClN3O2. The van der Waals surface area contributed by atoms with E-state index in [9.17, 15) is 10.3 Å². The third-order valence-electron chi connectivity index (χ3n) is 4.81.